The molecule has 4 amide bonds. The quantitative estimate of drug-likeness (QED) is 0.659. The first-order chi connectivity index (χ1) is 13.9. The van der Waals surface area contributed by atoms with Gasteiger partial charge in [-0.2, -0.15) is 9.48 Å². The fourth-order valence-corrected chi connectivity index (χ4v) is 3.50. The molecule has 0 bridgehead atoms. The van der Waals surface area contributed by atoms with Crippen LogP contribution in [0.4, 0.5) is 10.5 Å². The van der Waals surface area contributed by atoms with Crippen LogP contribution in [0.5, 0.6) is 0 Å². The zero-order valence-corrected chi connectivity index (χ0v) is 18.0. The average Bonchev–Trinajstić information content (AvgIpc) is 2.71. The van der Waals surface area contributed by atoms with Crippen LogP contribution in [-0.4, -0.2) is 59.6 Å². The van der Waals surface area contributed by atoms with Crippen molar-refractivity contribution < 1.29 is 23.7 Å². The summed E-state index contributed by atoms with van der Waals surface area (Å²) in [6, 6.07) is 6.42. The van der Waals surface area contributed by atoms with E-state index in [9.17, 15) is 14.4 Å². The largest absolute Gasteiger partial charge is 0.496 e. The predicted molar refractivity (Wildman–Crippen MR) is 112 cm³/mol. The topological polar surface area (TPSA) is 91.1 Å². The maximum absolute atomic E-state index is 13.2. The van der Waals surface area contributed by atoms with E-state index < -0.39 is 30.3 Å². The third kappa shape index (κ3) is 4.14. The van der Waals surface area contributed by atoms with Crippen LogP contribution in [0.1, 0.15) is 20.3 Å². The number of imide groups is 1. The van der Waals surface area contributed by atoms with Crippen LogP contribution < -0.4 is 5.32 Å². The van der Waals surface area contributed by atoms with E-state index in [0.717, 1.165) is 14.9 Å². The lowest BCUT2D eigenvalue weighted by Gasteiger charge is -2.29. The van der Waals surface area contributed by atoms with Gasteiger partial charge in [-0.05, 0) is 37.6 Å². The van der Waals surface area contributed by atoms with Crippen molar-refractivity contribution in [1.82, 2.24) is 4.90 Å². The number of carbonyl (C=O) groups is 3. The number of fused-ring (bicyclic) bond motifs is 1. The molecule has 2 aliphatic heterocycles. The Bertz CT molecular complexity index is 950. The van der Waals surface area contributed by atoms with E-state index in [-0.39, 0.29) is 0 Å². The monoisotopic (exact) mass is 461 g/mol. The lowest BCUT2D eigenvalue weighted by atomic mass is 9.94. The van der Waals surface area contributed by atoms with Gasteiger partial charge >= 0.3 is 11.9 Å². The van der Waals surface area contributed by atoms with Gasteiger partial charge in [0.15, 0.2) is 12.5 Å². The average molecular weight is 462 g/mol. The molecule has 152 valence electrons. The van der Waals surface area contributed by atoms with Gasteiger partial charge in [-0.1, -0.05) is 22.9 Å². The van der Waals surface area contributed by atoms with Crippen molar-refractivity contribution in [2.24, 2.45) is 10.9 Å². The van der Waals surface area contributed by atoms with E-state index in [1.54, 1.807) is 30.5 Å². The van der Waals surface area contributed by atoms with Gasteiger partial charge in [0.05, 0.1) is 13.7 Å². The third-order valence-corrected chi connectivity index (χ3v) is 5.20. The Hall–Kier alpha value is -2.81. The smallest absolute Gasteiger partial charge is 0.446 e. The van der Waals surface area contributed by atoms with Gasteiger partial charge in [0.2, 0.25) is 0 Å². The second-order valence-electron chi connectivity index (χ2n) is 6.55. The normalized spacial score (nSPS) is 18.9. The van der Waals surface area contributed by atoms with E-state index in [1.165, 1.54) is 11.6 Å². The van der Waals surface area contributed by atoms with Gasteiger partial charge in [-0.3, -0.25) is 9.59 Å². The molecule has 8 nitrogen and oxygen atoms in total. The number of dihydropyridines is 1. The Kier molecular flexibility index (Phi) is 6.26. The number of urea groups is 1. The first-order valence-electron chi connectivity index (χ1n) is 9.28. The number of anilines is 1. The molecule has 0 saturated carbocycles. The van der Waals surface area contributed by atoms with Gasteiger partial charge in [-0.25, -0.2) is 4.79 Å². The summed E-state index contributed by atoms with van der Waals surface area (Å²) in [7, 11) is 1.54. The molecule has 0 radical (unpaired) electrons. The number of aliphatic imine (C=N–C) groups is 1. The van der Waals surface area contributed by atoms with Gasteiger partial charge < -0.3 is 10.1 Å². The summed E-state index contributed by atoms with van der Waals surface area (Å²) in [5.41, 5.74) is 1.37. The summed E-state index contributed by atoms with van der Waals surface area (Å²) in [5.74, 6) is -1.02. The molecule has 1 atom stereocenters. The number of nitrogens with one attached hydrogen (secondary N) is 1. The van der Waals surface area contributed by atoms with Gasteiger partial charge in [-0.15, -0.1) is 4.99 Å². The number of benzene rings is 1. The molecule has 29 heavy (non-hydrogen) atoms. The van der Waals surface area contributed by atoms with Crippen molar-refractivity contribution in [3.63, 3.8) is 0 Å². The second kappa shape index (κ2) is 8.69. The first-order valence-corrected chi connectivity index (χ1v) is 10.1. The molecule has 1 aromatic rings. The molecule has 1 unspecified atom stereocenters. The van der Waals surface area contributed by atoms with Crippen LogP contribution in [-0.2, 0) is 14.3 Å². The van der Waals surface area contributed by atoms with E-state index in [0.29, 0.717) is 30.3 Å². The number of hydrogen-bond acceptors (Lipinski definition) is 5. The maximum atomic E-state index is 13.2. The summed E-state index contributed by atoms with van der Waals surface area (Å²) in [5, 5.41) is 2.70. The molecule has 0 spiro atoms. The van der Waals surface area contributed by atoms with Crippen LogP contribution in [0.3, 0.4) is 0 Å². The SMILES string of the molecule is CCOC1=C(CC)C=NC2=[N+](C)C(=O)N(CC(=O)Nc3ccc(Br)cc3)C(=O)C12. The van der Waals surface area contributed by atoms with Gasteiger partial charge in [0.1, 0.15) is 12.0 Å². The molecular weight excluding hydrogens is 440 g/mol. The van der Waals surface area contributed by atoms with E-state index >= 15 is 0 Å². The van der Waals surface area contributed by atoms with E-state index in [1.807, 2.05) is 13.8 Å². The molecule has 9 heteroatoms. The van der Waals surface area contributed by atoms with E-state index in [4.69, 9.17) is 4.74 Å². The maximum Gasteiger partial charge on any atom is 0.446 e. The van der Waals surface area contributed by atoms with Crippen molar-refractivity contribution in [1.29, 1.82) is 0 Å². The predicted octanol–water partition coefficient (Wildman–Crippen LogP) is 2.79. The highest BCUT2D eigenvalue weighted by molar-refractivity contribution is 9.10. The van der Waals surface area contributed by atoms with Crippen molar-refractivity contribution in [3.05, 3.63) is 40.1 Å². The number of allylic oxidation sites excluding steroid dienone is 1. The third-order valence-electron chi connectivity index (χ3n) is 4.67. The molecule has 2 heterocycles. The molecule has 1 N–H and O–H groups in total. The van der Waals surface area contributed by atoms with Crippen molar-refractivity contribution in [2.75, 3.05) is 25.5 Å². The molecule has 3 rings (SSSR count). The molecule has 0 aliphatic carbocycles. The minimum absolute atomic E-state index is 0.310. The minimum Gasteiger partial charge on any atom is -0.496 e. The Morgan fingerprint density at radius 1 is 1.28 bits per heavy atom. The highest BCUT2D eigenvalue weighted by Gasteiger charge is 2.51. The highest BCUT2D eigenvalue weighted by Crippen LogP contribution is 2.29. The van der Waals surface area contributed by atoms with Crippen LogP contribution in [0.15, 0.2) is 45.1 Å². The minimum atomic E-state index is -0.835. The summed E-state index contributed by atoms with van der Waals surface area (Å²) < 4.78 is 7.92. The standard InChI is InChI=1S/C20H21BrN4O4/c1-4-12-10-22-18-16(17(12)29-5-2)19(27)25(20(28)24(18)3)11-15(26)23-14-8-6-13(21)7-9-14/h6-10,16H,4-5,11H2,1-3H3/p+1. The number of hydrogen-bond donors (Lipinski definition) is 1. The van der Waals surface area contributed by atoms with Crippen LogP contribution in [0.2, 0.25) is 0 Å². The number of amides is 4. The molecule has 0 aromatic heterocycles. The fraction of sp³-hybridized carbons (Fsp3) is 0.350. The first kappa shape index (κ1) is 20.9. The summed E-state index contributed by atoms with van der Waals surface area (Å²) in [6.07, 6.45) is 2.27. The van der Waals surface area contributed by atoms with Crippen LogP contribution >= 0.6 is 15.9 Å². The zero-order chi connectivity index (χ0) is 21.1. The lowest BCUT2D eigenvalue weighted by Crippen LogP contribution is -2.56. The van der Waals surface area contributed by atoms with Crippen molar-refractivity contribution >= 4 is 51.5 Å². The Morgan fingerprint density at radius 3 is 2.59 bits per heavy atom. The Balaban J connectivity index is 1.87. The molecule has 0 fully saturated rings. The summed E-state index contributed by atoms with van der Waals surface area (Å²) >= 11 is 3.33. The van der Waals surface area contributed by atoms with Crippen molar-refractivity contribution in [2.45, 2.75) is 20.3 Å². The number of nitrogens with zero attached hydrogens (tertiary/aromatic N) is 3. The fourth-order valence-electron chi connectivity index (χ4n) is 3.24. The van der Waals surface area contributed by atoms with Gasteiger partial charge in [0.25, 0.3) is 11.7 Å². The molecule has 1 aromatic carbocycles. The highest BCUT2D eigenvalue weighted by atomic mass is 79.9. The second-order valence-corrected chi connectivity index (χ2v) is 7.46. The lowest BCUT2D eigenvalue weighted by molar-refractivity contribution is -0.408. The Labute approximate surface area is 177 Å². The molecule has 2 aliphatic rings. The number of ether oxygens (including phenoxy) is 1. The van der Waals surface area contributed by atoms with Gasteiger partial charge in [0, 0.05) is 15.7 Å². The Morgan fingerprint density at radius 2 is 1.97 bits per heavy atom. The van der Waals surface area contributed by atoms with E-state index in [2.05, 4.69) is 26.2 Å². The number of carbonyl (C=O) groups excluding carboxylic acids is 3. The number of rotatable bonds is 6. The number of halogens is 1. The summed E-state index contributed by atoms with van der Waals surface area (Å²) in [6.45, 7) is 3.76. The molecule has 0 saturated heterocycles. The zero-order valence-electron chi connectivity index (χ0n) is 16.4. The molecular formula is C20H22BrN4O4+. The van der Waals surface area contributed by atoms with Crippen LogP contribution in [0.25, 0.3) is 0 Å². The summed E-state index contributed by atoms with van der Waals surface area (Å²) in [4.78, 5) is 43.6. The van der Waals surface area contributed by atoms with Crippen molar-refractivity contribution in [3.8, 4) is 0 Å². The van der Waals surface area contributed by atoms with Crippen LogP contribution in [0, 0.1) is 5.92 Å². The number of amidine groups is 1.